The van der Waals surface area contributed by atoms with E-state index in [2.05, 4.69) is 47.9 Å². The number of aromatic nitrogens is 2. The van der Waals surface area contributed by atoms with Crippen LogP contribution < -0.4 is 0 Å². The molecule has 4 rings (SSSR count). The third kappa shape index (κ3) is 3.77. The van der Waals surface area contributed by atoms with Crippen molar-refractivity contribution >= 4 is 17.7 Å². The van der Waals surface area contributed by atoms with Crippen LogP contribution in [0.4, 0.5) is 0 Å². The standard InChI is InChI=1S/C20H26N4O2S/c1-22(2)8-5-9-24-19-15-6-3-4-7-17(15)27-14-16(19)18(21-24)20(25)23-10-12-26-13-11-23/h3-4,6-7H,5,8-14H2,1-2H3. The Kier molecular flexibility index (Phi) is 5.52. The van der Waals surface area contributed by atoms with Crippen LogP contribution in [-0.2, 0) is 17.0 Å². The van der Waals surface area contributed by atoms with Crippen molar-refractivity contribution in [2.75, 3.05) is 46.9 Å². The van der Waals surface area contributed by atoms with Crippen molar-refractivity contribution in [2.45, 2.75) is 23.6 Å². The van der Waals surface area contributed by atoms with Crippen LogP contribution in [0.2, 0.25) is 0 Å². The van der Waals surface area contributed by atoms with Gasteiger partial charge in [0.1, 0.15) is 0 Å². The van der Waals surface area contributed by atoms with Crippen LogP contribution in [0, 0.1) is 0 Å². The smallest absolute Gasteiger partial charge is 0.274 e. The van der Waals surface area contributed by atoms with E-state index in [9.17, 15) is 4.79 Å². The molecule has 3 heterocycles. The van der Waals surface area contributed by atoms with Gasteiger partial charge in [-0.15, -0.1) is 11.8 Å². The lowest BCUT2D eigenvalue weighted by Crippen LogP contribution is -2.41. The number of morpholine rings is 1. The Morgan fingerprint density at radius 3 is 2.81 bits per heavy atom. The minimum atomic E-state index is 0.0425. The molecule has 2 aliphatic heterocycles. The van der Waals surface area contributed by atoms with Crippen LogP contribution in [0.1, 0.15) is 22.5 Å². The van der Waals surface area contributed by atoms with E-state index in [0.29, 0.717) is 32.0 Å². The fourth-order valence-corrected chi connectivity index (χ4v) is 4.73. The van der Waals surface area contributed by atoms with Crippen molar-refractivity contribution in [1.82, 2.24) is 19.6 Å². The molecule has 6 nitrogen and oxygen atoms in total. The molecule has 7 heteroatoms. The Hall–Kier alpha value is -1.83. The van der Waals surface area contributed by atoms with Crippen LogP contribution in [0.15, 0.2) is 29.2 Å². The van der Waals surface area contributed by atoms with Crippen molar-refractivity contribution in [1.29, 1.82) is 0 Å². The summed E-state index contributed by atoms with van der Waals surface area (Å²) in [6, 6.07) is 8.44. The fourth-order valence-electron chi connectivity index (χ4n) is 3.66. The third-order valence-electron chi connectivity index (χ3n) is 5.04. The number of carbonyl (C=O) groups excluding carboxylic acids is 1. The SMILES string of the molecule is CN(C)CCCn1nc(C(=O)N2CCOCC2)c2c1-c1ccccc1SC2. The molecule has 1 saturated heterocycles. The minimum absolute atomic E-state index is 0.0425. The van der Waals surface area contributed by atoms with E-state index < -0.39 is 0 Å². The van der Waals surface area contributed by atoms with Gasteiger partial charge in [0.05, 0.1) is 18.9 Å². The highest BCUT2D eigenvalue weighted by Crippen LogP contribution is 2.43. The molecule has 1 amide bonds. The number of nitrogens with zero attached hydrogens (tertiary/aromatic N) is 4. The molecule has 0 spiro atoms. The molecule has 1 aromatic heterocycles. The molecule has 0 atom stereocenters. The van der Waals surface area contributed by atoms with Crippen molar-refractivity contribution in [3.63, 3.8) is 0 Å². The first-order valence-corrected chi connectivity index (χ1v) is 10.5. The van der Waals surface area contributed by atoms with Gasteiger partial charge in [0.25, 0.3) is 5.91 Å². The summed E-state index contributed by atoms with van der Waals surface area (Å²) < 4.78 is 7.46. The van der Waals surface area contributed by atoms with E-state index in [-0.39, 0.29) is 5.91 Å². The number of hydrogen-bond donors (Lipinski definition) is 0. The summed E-state index contributed by atoms with van der Waals surface area (Å²) >= 11 is 1.79. The van der Waals surface area contributed by atoms with Crippen molar-refractivity contribution in [2.24, 2.45) is 0 Å². The van der Waals surface area contributed by atoms with Gasteiger partial charge in [0, 0.05) is 41.4 Å². The van der Waals surface area contributed by atoms with E-state index in [0.717, 1.165) is 36.5 Å². The molecule has 1 aromatic carbocycles. The van der Waals surface area contributed by atoms with E-state index >= 15 is 0 Å². The predicted molar refractivity (Wildman–Crippen MR) is 107 cm³/mol. The highest BCUT2D eigenvalue weighted by molar-refractivity contribution is 7.98. The van der Waals surface area contributed by atoms with Gasteiger partial charge in [-0.3, -0.25) is 9.48 Å². The number of amides is 1. The number of fused-ring (bicyclic) bond motifs is 3. The summed E-state index contributed by atoms with van der Waals surface area (Å²) in [4.78, 5) is 18.5. The first kappa shape index (κ1) is 18.5. The Balaban J connectivity index is 1.71. The molecule has 2 aliphatic rings. The van der Waals surface area contributed by atoms with Gasteiger partial charge in [-0.1, -0.05) is 18.2 Å². The molecular formula is C20H26N4O2S. The number of benzene rings is 1. The molecule has 0 unspecified atom stereocenters. The van der Waals surface area contributed by atoms with Gasteiger partial charge >= 0.3 is 0 Å². The predicted octanol–water partition coefficient (Wildman–Crippen LogP) is 2.58. The molecule has 27 heavy (non-hydrogen) atoms. The molecule has 2 aromatic rings. The van der Waals surface area contributed by atoms with Gasteiger partial charge in [0.2, 0.25) is 0 Å². The van der Waals surface area contributed by atoms with Gasteiger partial charge in [0.15, 0.2) is 5.69 Å². The Bertz CT molecular complexity index is 827. The number of thioether (sulfide) groups is 1. The van der Waals surface area contributed by atoms with E-state index in [1.54, 1.807) is 11.8 Å². The van der Waals surface area contributed by atoms with Crippen molar-refractivity contribution in [3.8, 4) is 11.3 Å². The first-order chi connectivity index (χ1) is 13.1. The molecule has 0 radical (unpaired) electrons. The molecular weight excluding hydrogens is 360 g/mol. The van der Waals surface area contributed by atoms with Crippen LogP contribution in [-0.4, -0.2) is 72.4 Å². The topological polar surface area (TPSA) is 50.6 Å². The molecule has 1 fully saturated rings. The third-order valence-corrected chi connectivity index (χ3v) is 6.14. The quantitative estimate of drug-likeness (QED) is 0.791. The van der Waals surface area contributed by atoms with Gasteiger partial charge in [-0.25, -0.2) is 0 Å². The largest absolute Gasteiger partial charge is 0.378 e. The lowest BCUT2D eigenvalue weighted by atomic mass is 10.1. The fraction of sp³-hybridized carbons (Fsp3) is 0.500. The first-order valence-electron chi connectivity index (χ1n) is 9.49. The van der Waals surface area contributed by atoms with Crippen LogP contribution in [0.25, 0.3) is 11.3 Å². The summed E-state index contributed by atoms with van der Waals surface area (Å²) in [5.41, 5.74) is 4.03. The molecule has 0 N–H and O–H groups in total. The maximum absolute atomic E-state index is 13.2. The molecule has 144 valence electrons. The summed E-state index contributed by atoms with van der Waals surface area (Å²) in [5.74, 6) is 0.840. The zero-order valence-electron chi connectivity index (χ0n) is 16.0. The normalized spacial score (nSPS) is 16.3. The number of rotatable bonds is 5. The number of carbonyl (C=O) groups is 1. The Labute approximate surface area is 164 Å². The Morgan fingerprint density at radius 2 is 2.04 bits per heavy atom. The highest BCUT2D eigenvalue weighted by atomic mass is 32.2. The summed E-state index contributed by atoms with van der Waals surface area (Å²) in [5, 5.41) is 4.82. The van der Waals surface area contributed by atoms with Crippen LogP contribution in [0.3, 0.4) is 0 Å². The van der Waals surface area contributed by atoms with Crippen molar-refractivity contribution in [3.05, 3.63) is 35.5 Å². The average Bonchev–Trinajstić information content (AvgIpc) is 3.07. The summed E-state index contributed by atoms with van der Waals surface area (Å²) in [6.07, 6.45) is 1.00. The minimum Gasteiger partial charge on any atom is -0.378 e. The maximum atomic E-state index is 13.2. The molecule has 0 bridgehead atoms. The highest BCUT2D eigenvalue weighted by Gasteiger charge is 2.31. The van der Waals surface area contributed by atoms with Crippen LogP contribution in [0.5, 0.6) is 0 Å². The maximum Gasteiger partial charge on any atom is 0.274 e. The van der Waals surface area contributed by atoms with E-state index in [1.165, 1.54) is 10.5 Å². The second-order valence-electron chi connectivity index (χ2n) is 7.25. The second kappa shape index (κ2) is 8.04. The second-order valence-corrected chi connectivity index (χ2v) is 8.26. The monoisotopic (exact) mass is 386 g/mol. The van der Waals surface area contributed by atoms with Gasteiger partial charge in [-0.2, -0.15) is 5.10 Å². The lowest BCUT2D eigenvalue weighted by molar-refractivity contribution is 0.0298. The number of ether oxygens (including phenoxy) is 1. The van der Waals surface area contributed by atoms with Crippen molar-refractivity contribution < 1.29 is 9.53 Å². The van der Waals surface area contributed by atoms with E-state index in [1.807, 2.05) is 4.90 Å². The van der Waals surface area contributed by atoms with Crippen LogP contribution >= 0.6 is 11.8 Å². The molecule has 0 saturated carbocycles. The Morgan fingerprint density at radius 1 is 1.26 bits per heavy atom. The summed E-state index contributed by atoms with van der Waals surface area (Å²) in [7, 11) is 4.16. The zero-order valence-corrected chi connectivity index (χ0v) is 16.8. The lowest BCUT2D eigenvalue weighted by Gasteiger charge is -2.26. The molecule has 0 aliphatic carbocycles. The van der Waals surface area contributed by atoms with E-state index in [4.69, 9.17) is 9.84 Å². The zero-order chi connectivity index (χ0) is 18.8. The number of hydrogen-bond acceptors (Lipinski definition) is 5. The average molecular weight is 387 g/mol. The summed E-state index contributed by atoms with van der Waals surface area (Å²) in [6.45, 7) is 4.31. The number of aryl methyl sites for hydroxylation is 1. The van der Waals surface area contributed by atoms with Gasteiger partial charge in [-0.05, 0) is 33.1 Å². The van der Waals surface area contributed by atoms with Gasteiger partial charge < -0.3 is 14.5 Å².